The van der Waals surface area contributed by atoms with Crippen LogP contribution in [0.5, 0.6) is 0 Å². The molecule has 2 aromatic rings. The molecule has 1 amide bonds. The lowest BCUT2D eigenvalue weighted by Crippen LogP contribution is -2.30. The standard InChI is InChI=1S/C16H16BrClN2O/c1-10(11-4-3-5-13(18)8-11)20(2)16(21)14-7-6-12(17)9-15(14)19/h3-10H,19H2,1-2H3. The van der Waals surface area contributed by atoms with Gasteiger partial charge in [-0.1, -0.05) is 39.7 Å². The van der Waals surface area contributed by atoms with E-state index < -0.39 is 0 Å². The second-order valence-corrected chi connectivity index (χ2v) is 6.23. The molecule has 2 rings (SSSR count). The molecular weight excluding hydrogens is 352 g/mol. The van der Waals surface area contributed by atoms with E-state index in [0.29, 0.717) is 16.3 Å². The van der Waals surface area contributed by atoms with Crippen molar-refractivity contribution in [2.24, 2.45) is 0 Å². The Bertz CT molecular complexity index is 675. The van der Waals surface area contributed by atoms with E-state index in [9.17, 15) is 4.79 Å². The third kappa shape index (κ3) is 3.57. The van der Waals surface area contributed by atoms with Gasteiger partial charge in [0.15, 0.2) is 0 Å². The molecule has 0 radical (unpaired) electrons. The summed E-state index contributed by atoms with van der Waals surface area (Å²) in [7, 11) is 1.76. The number of nitrogens with zero attached hydrogens (tertiary/aromatic N) is 1. The normalized spacial score (nSPS) is 12.0. The molecule has 0 spiro atoms. The summed E-state index contributed by atoms with van der Waals surface area (Å²) >= 11 is 9.34. The Kier molecular flexibility index (Phi) is 4.91. The third-order valence-electron chi connectivity index (χ3n) is 3.48. The van der Waals surface area contributed by atoms with Crippen molar-refractivity contribution in [3.05, 3.63) is 63.1 Å². The number of anilines is 1. The van der Waals surface area contributed by atoms with Crippen LogP contribution in [0.4, 0.5) is 5.69 Å². The van der Waals surface area contributed by atoms with Crippen molar-refractivity contribution in [1.29, 1.82) is 0 Å². The van der Waals surface area contributed by atoms with Crippen LogP contribution in [0.15, 0.2) is 46.9 Å². The lowest BCUT2D eigenvalue weighted by molar-refractivity contribution is 0.0743. The zero-order valence-electron chi connectivity index (χ0n) is 11.8. The maximum absolute atomic E-state index is 12.6. The summed E-state index contributed by atoms with van der Waals surface area (Å²) < 4.78 is 0.849. The van der Waals surface area contributed by atoms with Gasteiger partial charge in [-0.05, 0) is 42.8 Å². The van der Waals surface area contributed by atoms with Crippen molar-refractivity contribution in [3.8, 4) is 0 Å². The quantitative estimate of drug-likeness (QED) is 0.811. The van der Waals surface area contributed by atoms with Gasteiger partial charge >= 0.3 is 0 Å². The Morgan fingerprint density at radius 3 is 2.62 bits per heavy atom. The second-order valence-electron chi connectivity index (χ2n) is 4.88. The van der Waals surface area contributed by atoms with Gasteiger partial charge in [0.1, 0.15) is 0 Å². The summed E-state index contributed by atoms with van der Waals surface area (Å²) in [6.45, 7) is 1.96. The number of nitrogen functional groups attached to an aromatic ring is 1. The van der Waals surface area contributed by atoms with E-state index in [-0.39, 0.29) is 11.9 Å². The van der Waals surface area contributed by atoms with Crippen molar-refractivity contribution in [2.75, 3.05) is 12.8 Å². The zero-order chi connectivity index (χ0) is 15.6. The molecule has 0 aliphatic heterocycles. The van der Waals surface area contributed by atoms with E-state index >= 15 is 0 Å². The highest BCUT2D eigenvalue weighted by molar-refractivity contribution is 9.10. The molecule has 21 heavy (non-hydrogen) atoms. The average Bonchev–Trinajstić information content (AvgIpc) is 2.45. The van der Waals surface area contributed by atoms with Gasteiger partial charge in [-0.15, -0.1) is 0 Å². The molecule has 1 atom stereocenters. The van der Waals surface area contributed by atoms with Gasteiger partial charge in [0.25, 0.3) is 5.91 Å². The first-order chi connectivity index (χ1) is 9.90. The lowest BCUT2D eigenvalue weighted by Gasteiger charge is -2.26. The molecule has 0 fully saturated rings. The molecule has 0 saturated carbocycles. The molecule has 2 N–H and O–H groups in total. The third-order valence-corrected chi connectivity index (χ3v) is 4.20. The predicted molar refractivity (Wildman–Crippen MR) is 90.5 cm³/mol. The van der Waals surface area contributed by atoms with Gasteiger partial charge in [-0.2, -0.15) is 0 Å². The van der Waals surface area contributed by atoms with Crippen molar-refractivity contribution < 1.29 is 4.79 Å². The first kappa shape index (κ1) is 15.9. The van der Waals surface area contributed by atoms with Crippen LogP contribution in [0.25, 0.3) is 0 Å². The number of amides is 1. The molecule has 1 unspecified atom stereocenters. The molecule has 0 heterocycles. The van der Waals surface area contributed by atoms with Gasteiger partial charge < -0.3 is 10.6 Å². The van der Waals surface area contributed by atoms with E-state index in [0.717, 1.165) is 10.0 Å². The Hall–Kier alpha value is -1.52. The molecule has 0 aliphatic rings. The Balaban J connectivity index is 2.26. The fraction of sp³-hybridized carbons (Fsp3) is 0.188. The van der Waals surface area contributed by atoms with Crippen molar-refractivity contribution >= 4 is 39.1 Å². The van der Waals surface area contributed by atoms with Crippen LogP contribution < -0.4 is 5.73 Å². The number of rotatable bonds is 3. The molecular formula is C16H16BrClN2O. The molecule has 0 bridgehead atoms. The number of carbonyl (C=O) groups is 1. The summed E-state index contributed by atoms with van der Waals surface area (Å²) in [5, 5.41) is 0.656. The number of hydrogen-bond acceptors (Lipinski definition) is 2. The van der Waals surface area contributed by atoms with Crippen LogP contribution in [0.3, 0.4) is 0 Å². The maximum atomic E-state index is 12.6. The minimum Gasteiger partial charge on any atom is -0.398 e. The second kappa shape index (κ2) is 6.50. The Morgan fingerprint density at radius 1 is 1.29 bits per heavy atom. The van der Waals surface area contributed by atoms with Gasteiger partial charge in [-0.3, -0.25) is 4.79 Å². The first-order valence-electron chi connectivity index (χ1n) is 6.48. The summed E-state index contributed by atoms with van der Waals surface area (Å²) in [6.07, 6.45) is 0. The maximum Gasteiger partial charge on any atom is 0.256 e. The van der Waals surface area contributed by atoms with Crippen LogP contribution in [0.1, 0.15) is 28.9 Å². The highest BCUT2D eigenvalue weighted by Crippen LogP contribution is 2.26. The topological polar surface area (TPSA) is 46.3 Å². The zero-order valence-corrected chi connectivity index (χ0v) is 14.1. The number of hydrogen-bond donors (Lipinski definition) is 1. The Labute approximate surface area is 137 Å². The number of nitrogens with two attached hydrogens (primary N) is 1. The van der Waals surface area contributed by atoms with E-state index in [1.165, 1.54) is 0 Å². The summed E-state index contributed by atoms with van der Waals surface area (Å²) in [5.74, 6) is -0.118. The fourth-order valence-electron chi connectivity index (χ4n) is 2.08. The molecule has 3 nitrogen and oxygen atoms in total. The molecule has 2 aromatic carbocycles. The van der Waals surface area contributed by atoms with Crippen molar-refractivity contribution in [2.45, 2.75) is 13.0 Å². The van der Waals surface area contributed by atoms with Gasteiger partial charge in [0, 0.05) is 22.2 Å². The van der Waals surface area contributed by atoms with E-state index in [1.807, 2.05) is 37.3 Å². The molecule has 110 valence electrons. The fourth-order valence-corrected chi connectivity index (χ4v) is 2.66. The highest BCUT2D eigenvalue weighted by atomic mass is 79.9. The molecule has 0 saturated heterocycles. The lowest BCUT2D eigenvalue weighted by atomic mass is 10.1. The van der Waals surface area contributed by atoms with Crippen LogP contribution in [-0.2, 0) is 0 Å². The smallest absolute Gasteiger partial charge is 0.256 e. The average molecular weight is 368 g/mol. The summed E-state index contributed by atoms with van der Waals surface area (Å²) in [4.78, 5) is 14.2. The van der Waals surface area contributed by atoms with Gasteiger partial charge in [-0.25, -0.2) is 0 Å². The number of benzene rings is 2. The monoisotopic (exact) mass is 366 g/mol. The van der Waals surface area contributed by atoms with Gasteiger partial charge in [0.05, 0.1) is 11.6 Å². The first-order valence-corrected chi connectivity index (χ1v) is 7.65. The van der Waals surface area contributed by atoms with Crippen molar-refractivity contribution in [1.82, 2.24) is 4.90 Å². The Morgan fingerprint density at radius 2 is 2.00 bits per heavy atom. The molecule has 0 aliphatic carbocycles. The molecule has 0 aromatic heterocycles. The van der Waals surface area contributed by atoms with Crippen LogP contribution in [-0.4, -0.2) is 17.9 Å². The number of halogens is 2. The van der Waals surface area contributed by atoms with Crippen LogP contribution in [0, 0.1) is 0 Å². The minimum absolute atomic E-state index is 0.0979. The van der Waals surface area contributed by atoms with Crippen molar-refractivity contribution in [3.63, 3.8) is 0 Å². The highest BCUT2D eigenvalue weighted by Gasteiger charge is 2.20. The summed E-state index contributed by atoms with van der Waals surface area (Å²) in [6, 6.07) is 12.7. The minimum atomic E-state index is -0.118. The van der Waals surface area contributed by atoms with Crippen LogP contribution in [0.2, 0.25) is 5.02 Å². The van der Waals surface area contributed by atoms with E-state index in [1.54, 1.807) is 24.1 Å². The predicted octanol–water partition coefficient (Wildman–Crippen LogP) is 4.52. The largest absolute Gasteiger partial charge is 0.398 e. The number of carbonyl (C=O) groups excluding carboxylic acids is 1. The van der Waals surface area contributed by atoms with Crippen LogP contribution >= 0.6 is 27.5 Å². The summed E-state index contributed by atoms with van der Waals surface area (Å²) in [5.41, 5.74) is 7.86. The van der Waals surface area contributed by atoms with E-state index in [4.69, 9.17) is 17.3 Å². The SMILES string of the molecule is CC(c1cccc(Cl)c1)N(C)C(=O)c1ccc(Br)cc1N. The van der Waals surface area contributed by atoms with Gasteiger partial charge in [0.2, 0.25) is 0 Å². The molecule has 5 heteroatoms. The van der Waals surface area contributed by atoms with E-state index in [2.05, 4.69) is 15.9 Å².